The standard InChI is InChI=1S/C24H20S5/c1-3-9-17(10-4-1)27-23-21(19-13-7-15-25-19)29-22(20-14-8-16-26-20)24(23)28-18-11-5-2-6-12-18/h1-16,21-24H. The van der Waals surface area contributed by atoms with Gasteiger partial charge >= 0.3 is 0 Å². The second kappa shape index (κ2) is 9.36. The van der Waals surface area contributed by atoms with Crippen LogP contribution in [0.25, 0.3) is 0 Å². The predicted molar refractivity (Wildman–Crippen MR) is 134 cm³/mol. The zero-order valence-corrected chi connectivity index (χ0v) is 19.7. The summed E-state index contributed by atoms with van der Waals surface area (Å²) in [6, 6.07) is 30.9. The van der Waals surface area contributed by atoms with E-state index in [1.54, 1.807) is 0 Å². The molecule has 2 aromatic carbocycles. The highest BCUT2D eigenvalue weighted by atomic mass is 32.2. The summed E-state index contributed by atoms with van der Waals surface area (Å²) in [5.74, 6) is 0. The molecule has 29 heavy (non-hydrogen) atoms. The molecule has 0 nitrogen and oxygen atoms in total. The first kappa shape index (κ1) is 19.8. The maximum absolute atomic E-state index is 2.32. The first-order valence-corrected chi connectivity index (χ1v) is 14.0. The summed E-state index contributed by atoms with van der Waals surface area (Å²) >= 11 is 10.1. The third-order valence-corrected chi connectivity index (χ3v) is 12.1. The number of hydrogen-bond acceptors (Lipinski definition) is 5. The van der Waals surface area contributed by atoms with Crippen molar-refractivity contribution in [3.8, 4) is 0 Å². The lowest BCUT2D eigenvalue weighted by atomic mass is 10.1. The normalized spacial score (nSPS) is 24.0. The van der Waals surface area contributed by atoms with E-state index in [4.69, 9.17) is 0 Å². The molecule has 4 atom stereocenters. The number of rotatable bonds is 6. The number of benzene rings is 2. The fourth-order valence-electron chi connectivity index (χ4n) is 3.59. The molecule has 4 aromatic rings. The van der Waals surface area contributed by atoms with E-state index < -0.39 is 0 Å². The van der Waals surface area contributed by atoms with Crippen molar-refractivity contribution in [3.63, 3.8) is 0 Å². The van der Waals surface area contributed by atoms with Gasteiger partial charge in [0.25, 0.3) is 0 Å². The highest BCUT2D eigenvalue weighted by Gasteiger charge is 2.47. The molecule has 5 rings (SSSR count). The van der Waals surface area contributed by atoms with Crippen LogP contribution in [0.5, 0.6) is 0 Å². The molecule has 0 N–H and O–H groups in total. The summed E-state index contributed by atoms with van der Waals surface area (Å²) in [5, 5.41) is 6.48. The van der Waals surface area contributed by atoms with Crippen molar-refractivity contribution in [2.75, 3.05) is 0 Å². The maximum Gasteiger partial charge on any atom is 0.0531 e. The highest BCUT2D eigenvalue weighted by Crippen LogP contribution is 2.63. The van der Waals surface area contributed by atoms with Crippen molar-refractivity contribution in [3.05, 3.63) is 105 Å². The summed E-state index contributed by atoms with van der Waals surface area (Å²) in [5.41, 5.74) is 0. The smallest absolute Gasteiger partial charge is 0.0531 e. The monoisotopic (exact) mass is 468 g/mol. The van der Waals surface area contributed by atoms with Crippen LogP contribution in [0.3, 0.4) is 0 Å². The Morgan fingerprint density at radius 2 is 0.966 bits per heavy atom. The zero-order chi connectivity index (χ0) is 19.5. The lowest BCUT2D eigenvalue weighted by Crippen LogP contribution is -2.21. The Balaban J connectivity index is 1.54. The maximum atomic E-state index is 2.32. The van der Waals surface area contributed by atoms with Gasteiger partial charge < -0.3 is 0 Å². The Morgan fingerprint density at radius 3 is 1.34 bits per heavy atom. The molecule has 5 heteroatoms. The van der Waals surface area contributed by atoms with Gasteiger partial charge in [0.15, 0.2) is 0 Å². The van der Waals surface area contributed by atoms with Crippen LogP contribution in [0.2, 0.25) is 0 Å². The topological polar surface area (TPSA) is 0 Å². The predicted octanol–water partition coefficient (Wildman–Crippen LogP) is 8.66. The molecule has 1 saturated heterocycles. The molecule has 0 saturated carbocycles. The molecule has 1 aliphatic heterocycles. The van der Waals surface area contributed by atoms with Crippen molar-refractivity contribution in [2.45, 2.75) is 30.8 Å². The molecular weight excluding hydrogens is 449 g/mol. The minimum absolute atomic E-state index is 0.508. The van der Waals surface area contributed by atoms with E-state index in [1.807, 2.05) is 22.7 Å². The molecule has 146 valence electrons. The lowest BCUT2D eigenvalue weighted by Gasteiger charge is -2.24. The van der Waals surface area contributed by atoms with Gasteiger partial charge in [-0.2, -0.15) is 0 Å². The molecule has 4 unspecified atom stereocenters. The fourth-order valence-corrected chi connectivity index (χ4v) is 11.0. The summed E-state index contributed by atoms with van der Waals surface area (Å²) in [4.78, 5) is 5.73. The SMILES string of the molecule is c1ccc(SC2C(c3cccs3)SC(c3cccs3)C2Sc2ccccc2)cc1. The largest absolute Gasteiger partial charge is 0.148 e. The van der Waals surface area contributed by atoms with Gasteiger partial charge in [0.05, 0.1) is 10.5 Å². The van der Waals surface area contributed by atoms with Gasteiger partial charge in [-0.15, -0.1) is 58.0 Å². The van der Waals surface area contributed by atoms with E-state index in [9.17, 15) is 0 Å². The van der Waals surface area contributed by atoms with E-state index >= 15 is 0 Å². The Morgan fingerprint density at radius 1 is 0.517 bits per heavy atom. The van der Waals surface area contributed by atoms with Crippen LogP contribution in [-0.4, -0.2) is 10.5 Å². The molecule has 0 spiro atoms. The Labute approximate surface area is 193 Å². The van der Waals surface area contributed by atoms with E-state index in [0.717, 1.165) is 0 Å². The summed E-state index contributed by atoms with van der Waals surface area (Å²) in [6.07, 6.45) is 0. The van der Waals surface area contributed by atoms with E-state index in [1.165, 1.54) is 19.5 Å². The molecular formula is C24H20S5. The second-order valence-corrected chi connectivity index (χ2v) is 12.5. The molecule has 1 fully saturated rings. The molecule has 3 heterocycles. The van der Waals surface area contributed by atoms with Crippen molar-refractivity contribution >= 4 is 58.0 Å². The molecule has 0 aliphatic carbocycles. The van der Waals surface area contributed by atoms with Gasteiger partial charge in [-0.1, -0.05) is 48.5 Å². The summed E-state index contributed by atoms with van der Waals surface area (Å²) < 4.78 is 0. The molecule has 0 bridgehead atoms. The van der Waals surface area contributed by atoms with Gasteiger partial charge in [0.2, 0.25) is 0 Å². The van der Waals surface area contributed by atoms with Gasteiger partial charge in [-0.25, -0.2) is 0 Å². The fraction of sp³-hybridized carbons (Fsp3) is 0.167. The number of thioether (sulfide) groups is 3. The van der Waals surface area contributed by atoms with Crippen LogP contribution in [0, 0.1) is 0 Å². The van der Waals surface area contributed by atoms with E-state index in [-0.39, 0.29) is 0 Å². The Bertz CT molecular complexity index is 912. The summed E-state index contributed by atoms with van der Waals surface area (Å²) in [6.45, 7) is 0. The number of hydrogen-bond donors (Lipinski definition) is 0. The minimum atomic E-state index is 0.508. The van der Waals surface area contributed by atoms with Crippen LogP contribution in [0.4, 0.5) is 0 Å². The lowest BCUT2D eigenvalue weighted by molar-refractivity contribution is 0.814. The van der Waals surface area contributed by atoms with Crippen molar-refractivity contribution in [2.24, 2.45) is 0 Å². The van der Waals surface area contributed by atoms with Crippen LogP contribution < -0.4 is 0 Å². The molecule has 0 amide bonds. The van der Waals surface area contributed by atoms with Gasteiger partial charge in [-0.05, 0) is 47.2 Å². The van der Waals surface area contributed by atoms with Crippen LogP contribution >= 0.6 is 58.0 Å². The van der Waals surface area contributed by atoms with Crippen LogP contribution in [-0.2, 0) is 0 Å². The van der Waals surface area contributed by atoms with Crippen molar-refractivity contribution < 1.29 is 0 Å². The first-order chi connectivity index (χ1) is 14.4. The molecule has 2 aromatic heterocycles. The molecule has 0 radical (unpaired) electrons. The Hall–Kier alpha value is -1.11. The second-order valence-electron chi connectivity index (χ2n) is 6.80. The molecule has 1 aliphatic rings. The number of thiophene rings is 2. The van der Waals surface area contributed by atoms with Crippen molar-refractivity contribution in [1.82, 2.24) is 0 Å². The van der Waals surface area contributed by atoms with E-state index in [2.05, 4.69) is 131 Å². The third kappa shape index (κ3) is 4.49. The van der Waals surface area contributed by atoms with Gasteiger partial charge in [0.1, 0.15) is 0 Å². The van der Waals surface area contributed by atoms with Crippen LogP contribution in [0.1, 0.15) is 20.3 Å². The van der Waals surface area contributed by atoms with Gasteiger partial charge in [0, 0.05) is 30.0 Å². The van der Waals surface area contributed by atoms with Crippen LogP contribution in [0.15, 0.2) is 105 Å². The average molecular weight is 469 g/mol. The Kier molecular flexibility index (Phi) is 6.40. The van der Waals surface area contributed by atoms with Gasteiger partial charge in [-0.3, -0.25) is 0 Å². The first-order valence-electron chi connectivity index (χ1n) is 9.54. The zero-order valence-electron chi connectivity index (χ0n) is 15.6. The average Bonchev–Trinajstić information content (AvgIpc) is 3.52. The third-order valence-electron chi connectivity index (χ3n) is 4.89. The summed E-state index contributed by atoms with van der Waals surface area (Å²) in [7, 11) is 0. The minimum Gasteiger partial charge on any atom is -0.148 e. The highest BCUT2D eigenvalue weighted by molar-refractivity contribution is 8.08. The van der Waals surface area contributed by atoms with Crippen molar-refractivity contribution in [1.29, 1.82) is 0 Å². The van der Waals surface area contributed by atoms with E-state index in [0.29, 0.717) is 21.0 Å². The quantitative estimate of drug-likeness (QED) is 0.278.